The summed E-state index contributed by atoms with van der Waals surface area (Å²) < 4.78 is 0. The number of nitrogens with one attached hydrogen (secondary N) is 2. The van der Waals surface area contributed by atoms with Crippen LogP contribution in [0.15, 0.2) is 25.3 Å². The van der Waals surface area contributed by atoms with E-state index in [-0.39, 0.29) is 0 Å². The number of hydrogen-bond acceptors (Lipinski definition) is 4. The maximum absolute atomic E-state index is 7.00. The fourth-order valence-electron chi connectivity index (χ4n) is 2.33. The van der Waals surface area contributed by atoms with Gasteiger partial charge in [-0.25, -0.2) is 0 Å². The molecule has 1 rings (SSSR count). The second-order valence-electron chi connectivity index (χ2n) is 6.65. The summed E-state index contributed by atoms with van der Waals surface area (Å²) in [5.74, 6) is 0.648. The highest BCUT2D eigenvalue weighted by molar-refractivity contribution is 4.72. The van der Waals surface area contributed by atoms with Gasteiger partial charge in [-0.15, -0.1) is 13.2 Å². The van der Waals surface area contributed by atoms with Crippen LogP contribution in [-0.4, -0.2) is 56.0 Å². The quantitative estimate of drug-likeness (QED) is 0.222. The molecule has 0 heterocycles. The Balaban J connectivity index is -0.000000124. The van der Waals surface area contributed by atoms with Gasteiger partial charge in [0.2, 0.25) is 0 Å². The van der Waals surface area contributed by atoms with E-state index in [1.807, 2.05) is 40.7 Å². The van der Waals surface area contributed by atoms with Crippen molar-refractivity contribution >= 4 is 0 Å². The summed E-state index contributed by atoms with van der Waals surface area (Å²) in [6.45, 7) is 31.0. The number of likely N-dealkylation sites (N-methyl/N-ethyl adjacent to an activating group) is 2. The molecule has 0 saturated heterocycles. The third-order valence-electron chi connectivity index (χ3n) is 3.98. The molecule has 1 aliphatic rings. The molecular formula is C26H61N3O. The minimum Gasteiger partial charge on any atom is -0.400 e. The van der Waals surface area contributed by atoms with E-state index in [4.69, 9.17) is 5.11 Å². The monoisotopic (exact) mass is 431 g/mol. The first kappa shape index (κ1) is 39.8. The van der Waals surface area contributed by atoms with Crippen LogP contribution < -0.4 is 10.6 Å². The molecule has 0 aromatic heterocycles. The predicted octanol–water partition coefficient (Wildman–Crippen LogP) is 6.48. The summed E-state index contributed by atoms with van der Waals surface area (Å²) in [5.41, 5.74) is 0. The largest absolute Gasteiger partial charge is 0.400 e. The third-order valence-corrected chi connectivity index (χ3v) is 3.98. The van der Waals surface area contributed by atoms with Crippen molar-refractivity contribution in [1.29, 1.82) is 0 Å². The second-order valence-corrected chi connectivity index (χ2v) is 6.65. The highest BCUT2D eigenvalue weighted by atomic mass is 16.2. The molecule has 1 aliphatic carbocycles. The molecule has 4 heteroatoms. The molecule has 0 radical (unpaired) electrons. The SMILES string of the molecule is C=CC.C=CC(C)C.CC.CC.CCNCCN(CC)CNC1CCCCC1.CO. The van der Waals surface area contributed by atoms with Crippen LogP contribution in [0.5, 0.6) is 0 Å². The molecular weight excluding hydrogens is 370 g/mol. The van der Waals surface area contributed by atoms with Crippen molar-refractivity contribution in [2.24, 2.45) is 5.92 Å². The first-order valence-corrected chi connectivity index (χ1v) is 12.4. The van der Waals surface area contributed by atoms with Crippen LogP contribution in [0.1, 0.15) is 94.4 Å². The Hall–Kier alpha value is -0.680. The first-order chi connectivity index (χ1) is 14.5. The van der Waals surface area contributed by atoms with Gasteiger partial charge in [0.05, 0.1) is 0 Å². The number of nitrogens with zero attached hydrogens (tertiary/aromatic N) is 1. The minimum atomic E-state index is 0.648. The van der Waals surface area contributed by atoms with Crippen molar-refractivity contribution < 1.29 is 5.11 Å². The molecule has 0 bridgehead atoms. The molecule has 0 unspecified atom stereocenters. The fraction of sp³-hybridized carbons (Fsp3) is 0.846. The van der Waals surface area contributed by atoms with Crippen molar-refractivity contribution in [3.05, 3.63) is 25.3 Å². The Bertz CT molecular complexity index is 265. The molecule has 30 heavy (non-hydrogen) atoms. The van der Waals surface area contributed by atoms with Crippen molar-refractivity contribution in [2.75, 3.05) is 40.0 Å². The molecule has 0 amide bonds. The zero-order valence-corrected chi connectivity index (χ0v) is 22.7. The summed E-state index contributed by atoms with van der Waals surface area (Å²) in [6.07, 6.45) is 10.7. The summed E-state index contributed by atoms with van der Waals surface area (Å²) >= 11 is 0. The molecule has 0 atom stereocenters. The summed E-state index contributed by atoms with van der Waals surface area (Å²) in [5, 5.41) is 14.1. The van der Waals surface area contributed by atoms with Gasteiger partial charge in [-0.2, -0.15) is 0 Å². The van der Waals surface area contributed by atoms with Gasteiger partial charge >= 0.3 is 0 Å². The van der Waals surface area contributed by atoms with Gasteiger partial charge in [-0.1, -0.05) is 86.8 Å². The van der Waals surface area contributed by atoms with Crippen molar-refractivity contribution in [2.45, 2.75) is 100 Å². The topological polar surface area (TPSA) is 47.5 Å². The average molecular weight is 432 g/mol. The van der Waals surface area contributed by atoms with E-state index >= 15 is 0 Å². The van der Waals surface area contributed by atoms with Crippen LogP contribution in [0.2, 0.25) is 0 Å². The highest BCUT2D eigenvalue weighted by Gasteiger charge is 2.13. The minimum absolute atomic E-state index is 0.648. The molecule has 4 nitrogen and oxygen atoms in total. The van der Waals surface area contributed by atoms with E-state index in [0.717, 1.165) is 46.0 Å². The van der Waals surface area contributed by atoms with Crippen LogP contribution in [0.3, 0.4) is 0 Å². The maximum atomic E-state index is 7.00. The van der Waals surface area contributed by atoms with Crippen molar-refractivity contribution in [1.82, 2.24) is 15.5 Å². The van der Waals surface area contributed by atoms with Crippen LogP contribution in [0.4, 0.5) is 0 Å². The highest BCUT2D eigenvalue weighted by Crippen LogP contribution is 2.17. The van der Waals surface area contributed by atoms with E-state index in [0.29, 0.717) is 5.92 Å². The second kappa shape index (κ2) is 42.4. The van der Waals surface area contributed by atoms with E-state index in [9.17, 15) is 0 Å². The lowest BCUT2D eigenvalue weighted by molar-refractivity contribution is 0.235. The normalized spacial score (nSPS) is 12.2. The average Bonchev–Trinajstić information content (AvgIpc) is 2.82. The van der Waals surface area contributed by atoms with Gasteiger partial charge in [-0.05, 0) is 38.8 Å². The molecule has 0 aromatic carbocycles. The van der Waals surface area contributed by atoms with E-state index in [1.54, 1.807) is 6.08 Å². The number of rotatable bonds is 9. The van der Waals surface area contributed by atoms with E-state index in [2.05, 4.69) is 56.4 Å². The maximum Gasteiger partial charge on any atom is 0.0482 e. The van der Waals surface area contributed by atoms with Gasteiger partial charge in [-0.3, -0.25) is 4.90 Å². The van der Waals surface area contributed by atoms with Gasteiger partial charge < -0.3 is 15.7 Å². The van der Waals surface area contributed by atoms with Crippen LogP contribution >= 0.6 is 0 Å². The van der Waals surface area contributed by atoms with Crippen LogP contribution in [-0.2, 0) is 0 Å². The van der Waals surface area contributed by atoms with Gasteiger partial charge in [0, 0.05) is 32.9 Å². The lowest BCUT2D eigenvalue weighted by Crippen LogP contribution is -2.43. The fourth-order valence-corrected chi connectivity index (χ4v) is 2.33. The molecule has 186 valence electrons. The molecule has 0 aliphatic heterocycles. The smallest absolute Gasteiger partial charge is 0.0482 e. The van der Waals surface area contributed by atoms with Gasteiger partial charge in [0.25, 0.3) is 0 Å². The zero-order chi connectivity index (χ0) is 24.6. The molecule has 1 fully saturated rings. The Morgan fingerprint density at radius 1 is 1.00 bits per heavy atom. The Morgan fingerprint density at radius 2 is 1.43 bits per heavy atom. The number of aliphatic hydroxyl groups is 1. The molecule has 1 saturated carbocycles. The van der Waals surface area contributed by atoms with Crippen LogP contribution in [0, 0.1) is 5.92 Å². The molecule has 0 aromatic rings. The zero-order valence-electron chi connectivity index (χ0n) is 22.7. The Morgan fingerprint density at radius 3 is 1.77 bits per heavy atom. The summed E-state index contributed by atoms with van der Waals surface area (Å²) in [7, 11) is 1.00. The first-order valence-electron chi connectivity index (χ1n) is 12.4. The number of hydrogen-bond donors (Lipinski definition) is 3. The standard InChI is InChI=1S/C13H29N3.C5H10.C3H6.2C2H6.CH4O/c1-3-14-10-11-16(4-2)12-15-13-8-6-5-7-9-13;1-4-5(2)3;1-3-2;3*1-2/h13-15H,3-12H2,1-2H3;4-5H,1H2,2-3H3;3H,1H2,2H3;2*1-2H3;2H,1H3. The number of aliphatic hydroxyl groups excluding tert-OH is 1. The van der Waals surface area contributed by atoms with E-state index in [1.165, 1.54) is 32.1 Å². The molecule has 0 spiro atoms. The number of allylic oxidation sites excluding steroid dienone is 2. The van der Waals surface area contributed by atoms with E-state index < -0.39 is 0 Å². The van der Waals surface area contributed by atoms with Crippen molar-refractivity contribution in [3.63, 3.8) is 0 Å². The van der Waals surface area contributed by atoms with Crippen LogP contribution in [0.25, 0.3) is 0 Å². The van der Waals surface area contributed by atoms with Gasteiger partial charge in [0.1, 0.15) is 0 Å². The third kappa shape index (κ3) is 41.6. The molecule has 3 N–H and O–H groups in total. The Labute approximate surface area is 192 Å². The van der Waals surface area contributed by atoms with Gasteiger partial charge in [0.15, 0.2) is 0 Å². The Kier molecular flexibility index (Phi) is 56.2. The summed E-state index contributed by atoms with van der Waals surface area (Å²) in [6, 6.07) is 0.780. The lowest BCUT2D eigenvalue weighted by atomic mass is 9.96. The predicted molar refractivity (Wildman–Crippen MR) is 142 cm³/mol. The summed E-state index contributed by atoms with van der Waals surface area (Å²) in [4.78, 5) is 2.48. The van der Waals surface area contributed by atoms with Crippen molar-refractivity contribution in [3.8, 4) is 0 Å². The lowest BCUT2D eigenvalue weighted by Gasteiger charge is -2.27.